The van der Waals surface area contributed by atoms with E-state index in [9.17, 15) is 4.79 Å². The zero-order chi connectivity index (χ0) is 26.9. The second kappa shape index (κ2) is 11.0. The molecule has 1 unspecified atom stereocenters. The summed E-state index contributed by atoms with van der Waals surface area (Å²) in [5.41, 5.74) is 4.03. The predicted molar refractivity (Wildman–Crippen MR) is 151 cm³/mol. The van der Waals surface area contributed by atoms with Crippen molar-refractivity contribution in [3.63, 3.8) is 0 Å². The molecule has 193 valence electrons. The van der Waals surface area contributed by atoms with Crippen molar-refractivity contribution < 1.29 is 14.0 Å². The number of rotatable bonds is 7. The van der Waals surface area contributed by atoms with Crippen LogP contribution in [0.1, 0.15) is 49.9 Å². The maximum atomic E-state index is 13.4. The molecule has 37 heavy (non-hydrogen) atoms. The zero-order valence-corrected chi connectivity index (χ0v) is 24.3. The van der Waals surface area contributed by atoms with Crippen LogP contribution in [0.4, 0.5) is 0 Å². The molecule has 4 rings (SSSR count). The molecule has 0 fully saturated rings. The second-order valence-corrected chi connectivity index (χ2v) is 12.9. The first kappa shape index (κ1) is 27.3. The number of aromatic nitrogens is 3. The summed E-state index contributed by atoms with van der Waals surface area (Å²) in [7, 11) is -1.13. The number of carbonyl (C=O) groups is 1. The minimum absolute atomic E-state index is 0.231. The van der Waals surface area contributed by atoms with Crippen LogP contribution in [0.2, 0.25) is 23.1 Å². The maximum absolute atomic E-state index is 13.4. The van der Waals surface area contributed by atoms with Crippen LogP contribution in [0, 0.1) is 5.41 Å². The van der Waals surface area contributed by atoms with E-state index in [0.717, 1.165) is 22.4 Å². The van der Waals surface area contributed by atoms with Crippen molar-refractivity contribution in [3.8, 4) is 22.4 Å². The van der Waals surface area contributed by atoms with E-state index in [0.29, 0.717) is 26.9 Å². The molecule has 1 atom stereocenters. The first-order valence-electron chi connectivity index (χ1n) is 12.1. The molecular weight excluding hydrogens is 525 g/mol. The highest BCUT2D eigenvalue weighted by atomic mass is 35.5. The molecule has 0 saturated carbocycles. The fourth-order valence-corrected chi connectivity index (χ4v) is 5.53. The third-order valence-corrected chi connectivity index (χ3v) is 7.11. The minimum Gasteiger partial charge on any atom is -0.462 e. The van der Waals surface area contributed by atoms with E-state index in [1.165, 1.54) is 0 Å². The van der Waals surface area contributed by atoms with Gasteiger partial charge in [0.15, 0.2) is 5.65 Å². The van der Waals surface area contributed by atoms with Gasteiger partial charge in [-0.2, -0.15) is 5.10 Å². The van der Waals surface area contributed by atoms with Gasteiger partial charge in [-0.15, -0.1) is 0 Å². The van der Waals surface area contributed by atoms with Crippen LogP contribution in [0.15, 0.2) is 54.7 Å². The smallest absolute Gasteiger partial charge is 0.344 e. The van der Waals surface area contributed by atoms with Crippen LogP contribution in [0.25, 0.3) is 28.0 Å². The summed E-state index contributed by atoms with van der Waals surface area (Å²) < 4.78 is 13.6. The van der Waals surface area contributed by atoms with E-state index in [4.69, 9.17) is 42.4 Å². The van der Waals surface area contributed by atoms with Crippen molar-refractivity contribution >= 4 is 43.9 Å². The third-order valence-electron chi connectivity index (χ3n) is 5.82. The van der Waals surface area contributed by atoms with E-state index in [-0.39, 0.29) is 12.0 Å². The van der Waals surface area contributed by atoms with Crippen LogP contribution in [-0.4, -0.2) is 36.2 Å². The minimum atomic E-state index is -1.13. The number of benzene rings is 2. The number of hydrogen-bond acceptors (Lipinski definition) is 5. The Bertz CT molecular complexity index is 1430. The Morgan fingerprint density at radius 3 is 2.32 bits per heavy atom. The molecule has 1 radical (unpaired) electrons. The zero-order valence-electron chi connectivity index (χ0n) is 21.8. The lowest BCUT2D eigenvalue weighted by atomic mass is 9.86. The number of carbonyl (C=O) groups excluding carboxylic acids is 1. The first-order chi connectivity index (χ1) is 17.5. The molecule has 0 aliphatic heterocycles. The molecule has 0 spiro atoms. The van der Waals surface area contributed by atoms with Gasteiger partial charge in [-0.3, -0.25) is 0 Å². The highest BCUT2D eigenvalue weighted by Gasteiger charge is 2.37. The van der Waals surface area contributed by atoms with E-state index < -0.39 is 21.1 Å². The Balaban J connectivity index is 2.13. The molecule has 0 aliphatic carbocycles. The fraction of sp³-hybridized carbons (Fsp3) is 0.321. The number of ether oxygens (including phenoxy) is 1. The Kier molecular flexibility index (Phi) is 8.09. The van der Waals surface area contributed by atoms with Crippen molar-refractivity contribution in [3.05, 3.63) is 76.0 Å². The predicted octanol–water partition coefficient (Wildman–Crippen LogP) is 7.90. The van der Waals surface area contributed by atoms with Gasteiger partial charge in [0.05, 0.1) is 18.4 Å². The van der Waals surface area contributed by atoms with Gasteiger partial charge in [0, 0.05) is 32.9 Å². The SMILES string of the molecule is CCOC(=O)c1c(C(O[Si](C)C)C(C)(C)C)nn2c(-c3ccc(Cl)cc3)c(-c3ccccc3Cl)cnc12. The summed E-state index contributed by atoms with van der Waals surface area (Å²) in [4.78, 5) is 18.1. The van der Waals surface area contributed by atoms with Gasteiger partial charge in [-0.05, 0) is 43.6 Å². The monoisotopic (exact) mass is 554 g/mol. The van der Waals surface area contributed by atoms with Crippen LogP contribution in [-0.2, 0) is 9.16 Å². The molecule has 6 nitrogen and oxygen atoms in total. The summed E-state index contributed by atoms with van der Waals surface area (Å²) in [6.07, 6.45) is 1.29. The van der Waals surface area contributed by atoms with Gasteiger partial charge < -0.3 is 9.16 Å². The molecule has 0 amide bonds. The molecular formula is C28H30Cl2N3O3Si. The molecule has 2 heterocycles. The summed E-state index contributed by atoms with van der Waals surface area (Å²) in [6, 6.07) is 15.0. The number of esters is 1. The Morgan fingerprint density at radius 2 is 1.73 bits per heavy atom. The average molecular weight is 556 g/mol. The quantitative estimate of drug-likeness (QED) is 0.171. The van der Waals surface area contributed by atoms with Crippen LogP contribution in [0.3, 0.4) is 0 Å². The van der Waals surface area contributed by atoms with Crippen molar-refractivity contribution in [2.24, 2.45) is 5.41 Å². The number of nitrogens with zero attached hydrogens (tertiary/aromatic N) is 3. The molecule has 0 N–H and O–H groups in total. The normalized spacial score (nSPS) is 12.8. The lowest BCUT2D eigenvalue weighted by molar-refractivity contribution is 0.0504. The largest absolute Gasteiger partial charge is 0.462 e. The molecule has 0 aliphatic rings. The highest BCUT2D eigenvalue weighted by Crippen LogP contribution is 2.41. The van der Waals surface area contributed by atoms with Crippen LogP contribution >= 0.6 is 23.2 Å². The third kappa shape index (κ3) is 5.60. The van der Waals surface area contributed by atoms with Crippen molar-refractivity contribution in [2.45, 2.75) is 46.9 Å². The van der Waals surface area contributed by atoms with Gasteiger partial charge in [-0.25, -0.2) is 14.3 Å². The lowest BCUT2D eigenvalue weighted by Crippen LogP contribution is -2.28. The lowest BCUT2D eigenvalue weighted by Gasteiger charge is -2.31. The summed E-state index contributed by atoms with van der Waals surface area (Å²) in [6.45, 7) is 12.4. The van der Waals surface area contributed by atoms with Crippen molar-refractivity contribution in [1.29, 1.82) is 0 Å². The molecule has 2 aromatic heterocycles. The Morgan fingerprint density at radius 1 is 1.05 bits per heavy atom. The summed E-state index contributed by atoms with van der Waals surface area (Å²) in [5.74, 6) is -0.480. The first-order valence-corrected chi connectivity index (χ1v) is 15.3. The fourth-order valence-electron chi connectivity index (χ4n) is 4.22. The molecule has 0 bridgehead atoms. The van der Waals surface area contributed by atoms with E-state index in [2.05, 4.69) is 33.9 Å². The van der Waals surface area contributed by atoms with Crippen LogP contribution in [0.5, 0.6) is 0 Å². The molecule has 0 saturated heterocycles. The van der Waals surface area contributed by atoms with Crippen molar-refractivity contribution in [2.75, 3.05) is 6.61 Å². The average Bonchev–Trinajstić information content (AvgIpc) is 3.21. The Hall–Kier alpha value is -2.71. The van der Waals surface area contributed by atoms with Crippen LogP contribution < -0.4 is 0 Å². The number of halogens is 2. The van der Waals surface area contributed by atoms with Gasteiger partial charge in [0.2, 0.25) is 9.04 Å². The standard InChI is InChI=1S/C28H30Cl2N3O3Si/c1-7-35-27(34)22-23(25(28(2,3)4)36-37(5)6)32-33-24(17-12-14-18(29)15-13-17)20(16-31-26(22)33)19-10-8-9-11-21(19)30/h8-16,25H,7H2,1-6H3. The van der Waals surface area contributed by atoms with Gasteiger partial charge in [0.25, 0.3) is 0 Å². The number of fused-ring (bicyclic) bond motifs is 1. The topological polar surface area (TPSA) is 65.7 Å². The second-order valence-electron chi connectivity index (χ2n) is 10.00. The van der Waals surface area contributed by atoms with Crippen molar-refractivity contribution in [1.82, 2.24) is 14.6 Å². The molecule has 2 aromatic carbocycles. The maximum Gasteiger partial charge on any atom is 0.344 e. The molecule has 9 heteroatoms. The number of hydrogen-bond donors (Lipinski definition) is 0. The van der Waals surface area contributed by atoms with E-state index in [1.807, 2.05) is 48.5 Å². The van der Waals surface area contributed by atoms with E-state index in [1.54, 1.807) is 17.6 Å². The van der Waals surface area contributed by atoms with Gasteiger partial charge in [-0.1, -0.05) is 74.3 Å². The van der Waals surface area contributed by atoms with Gasteiger partial charge >= 0.3 is 5.97 Å². The Labute approximate surface area is 229 Å². The van der Waals surface area contributed by atoms with E-state index >= 15 is 0 Å². The molecule has 4 aromatic rings. The summed E-state index contributed by atoms with van der Waals surface area (Å²) >= 11 is 12.8. The van der Waals surface area contributed by atoms with Gasteiger partial charge in [0.1, 0.15) is 11.3 Å². The highest BCUT2D eigenvalue weighted by molar-refractivity contribution is 6.48. The summed E-state index contributed by atoms with van der Waals surface area (Å²) in [5, 5.41) is 6.21.